The highest BCUT2D eigenvalue weighted by atomic mass is 79.9. The van der Waals surface area contributed by atoms with E-state index in [0.717, 1.165) is 4.47 Å². The van der Waals surface area contributed by atoms with Crippen molar-refractivity contribution in [1.82, 2.24) is 15.5 Å². The van der Waals surface area contributed by atoms with E-state index in [1.165, 1.54) is 24.3 Å². The normalized spacial score (nSPS) is 13.6. The SMILES string of the molecule is O=C(NCC(=O)N1CCNCC1)c1ccc(S(=O)(=O)N(Oc2ccc(Br)cc2Cl)c2ccccc2)cc1. The molecule has 0 aromatic heterocycles. The summed E-state index contributed by atoms with van der Waals surface area (Å²) in [6.07, 6.45) is 0. The third-order valence-electron chi connectivity index (χ3n) is 5.54. The third kappa shape index (κ3) is 6.61. The Balaban J connectivity index is 1.51. The van der Waals surface area contributed by atoms with Crippen LogP contribution in [0.5, 0.6) is 5.75 Å². The highest BCUT2D eigenvalue weighted by Gasteiger charge is 2.28. The molecule has 1 aliphatic rings. The summed E-state index contributed by atoms with van der Waals surface area (Å²) < 4.78 is 28.7. The maximum absolute atomic E-state index is 13.6. The van der Waals surface area contributed by atoms with Crippen molar-refractivity contribution < 1.29 is 22.8 Å². The van der Waals surface area contributed by atoms with Crippen molar-refractivity contribution in [2.45, 2.75) is 4.90 Å². The number of piperazine rings is 1. The number of anilines is 1. The molecule has 0 aliphatic carbocycles. The summed E-state index contributed by atoms with van der Waals surface area (Å²) in [5.74, 6) is -0.510. The highest BCUT2D eigenvalue weighted by Crippen LogP contribution is 2.32. The van der Waals surface area contributed by atoms with Crippen molar-refractivity contribution in [2.75, 3.05) is 37.2 Å². The Bertz CT molecular complexity index is 1370. The smallest absolute Gasteiger partial charge is 0.295 e. The monoisotopic (exact) mass is 606 g/mol. The van der Waals surface area contributed by atoms with E-state index in [9.17, 15) is 18.0 Å². The molecule has 1 heterocycles. The molecule has 37 heavy (non-hydrogen) atoms. The Morgan fingerprint density at radius 3 is 2.35 bits per heavy atom. The van der Waals surface area contributed by atoms with Gasteiger partial charge < -0.3 is 20.4 Å². The molecule has 4 rings (SSSR count). The van der Waals surface area contributed by atoms with E-state index in [2.05, 4.69) is 26.6 Å². The predicted octanol–water partition coefficient (Wildman–Crippen LogP) is 3.45. The van der Waals surface area contributed by atoms with Crippen LogP contribution in [-0.2, 0) is 14.8 Å². The number of amides is 2. The zero-order chi connectivity index (χ0) is 26.4. The first-order valence-corrected chi connectivity index (χ1v) is 14.0. The van der Waals surface area contributed by atoms with Crippen LogP contribution in [0.2, 0.25) is 5.02 Å². The number of rotatable bonds is 8. The predicted molar refractivity (Wildman–Crippen MR) is 144 cm³/mol. The summed E-state index contributed by atoms with van der Waals surface area (Å²) in [6, 6.07) is 18.5. The van der Waals surface area contributed by atoms with Gasteiger partial charge in [0, 0.05) is 36.2 Å². The number of carbonyl (C=O) groups is 2. The van der Waals surface area contributed by atoms with Gasteiger partial charge in [0.1, 0.15) is 0 Å². The maximum Gasteiger partial charge on any atom is 0.295 e. The third-order valence-corrected chi connectivity index (χ3v) is 7.92. The molecule has 2 N–H and O–H groups in total. The first-order chi connectivity index (χ1) is 17.8. The molecule has 0 radical (unpaired) electrons. The standard InChI is InChI=1S/C25H24BrClN4O5S/c26-19-8-11-23(22(27)16-19)36-31(20-4-2-1-3-5-20)37(34,35)21-9-6-18(7-10-21)25(33)29-17-24(32)30-14-12-28-13-15-30/h1-11,16,28H,12-15,17H2,(H,29,33). The Labute approximate surface area is 228 Å². The zero-order valence-corrected chi connectivity index (χ0v) is 22.7. The van der Waals surface area contributed by atoms with Gasteiger partial charge in [-0.05, 0) is 54.6 Å². The van der Waals surface area contributed by atoms with Crippen LogP contribution in [-0.4, -0.2) is 57.9 Å². The quantitative estimate of drug-likeness (QED) is 0.380. The van der Waals surface area contributed by atoms with Crippen molar-refractivity contribution in [2.24, 2.45) is 0 Å². The van der Waals surface area contributed by atoms with E-state index >= 15 is 0 Å². The van der Waals surface area contributed by atoms with Gasteiger partial charge in [0.2, 0.25) is 5.91 Å². The second-order valence-corrected chi connectivity index (χ2v) is 11.1. The lowest BCUT2D eigenvalue weighted by molar-refractivity contribution is -0.130. The number of halogens is 2. The van der Waals surface area contributed by atoms with Crippen molar-refractivity contribution in [3.8, 4) is 5.75 Å². The summed E-state index contributed by atoms with van der Waals surface area (Å²) in [6.45, 7) is 2.47. The van der Waals surface area contributed by atoms with Crippen LogP contribution in [0.4, 0.5) is 5.69 Å². The number of carbonyl (C=O) groups excluding carboxylic acids is 2. The molecule has 194 valence electrons. The molecular weight excluding hydrogens is 584 g/mol. The minimum absolute atomic E-state index is 0.0990. The van der Waals surface area contributed by atoms with Crippen LogP contribution in [0.25, 0.3) is 0 Å². The van der Waals surface area contributed by atoms with Crippen LogP contribution in [0.3, 0.4) is 0 Å². The second kappa shape index (κ2) is 12.0. The zero-order valence-electron chi connectivity index (χ0n) is 19.6. The summed E-state index contributed by atoms with van der Waals surface area (Å²) in [5.41, 5.74) is 0.477. The molecule has 12 heteroatoms. The van der Waals surface area contributed by atoms with Crippen molar-refractivity contribution in [1.29, 1.82) is 0 Å². The van der Waals surface area contributed by atoms with Gasteiger partial charge in [-0.15, -0.1) is 0 Å². The van der Waals surface area contributed by atoms with Crippen molar-refractivity contribution in [3.05, 3.63) is 87.9 Å². The fraction of sp³-hybridized carbons (Fsp3) is 0.200. The number of sulfonamides is 1. The molecule has 0 atom stereocenters. The van der Waals surface area contributed by atoms with E-state index in [0.29, 0.717) is 30.7 Å². The van der Waals surface area contributed by atoms with E-state index < -0.39 is 15.9 Å². The molecule has 2 amide bonds. The molecule has 1 saturated heterocycles. The van der Waals surface area contributed by atoms with E-state index in [1.807, 2.05) is 0 Å². The lowest BCUT2D eigenvalue weighted by Crippen LogP contribution is -2.49. The number of hydrogen-bond acceptors (Lipinski definition) is 6. The fourth-order valence-electron chi connectivity index (χ4n) is 3.59. The van der Waals surface area contributed by atoms with Gasteiger partial charge in [-0.2, -0.15) is 8.42 Å². The molecule has 0 bridgehead atoms. The highest BCUT2D eigenvalue weighted by molar-refractivity contribution is 9.10. The van der Waals surface area contributed by atoms with Crippen LogP contribution < -0.4 is 19.9 Å². The summed E-state index contributed by atoms with van der Waals surface area (Å²) in [4.78, 5) is 32.2. The average molecular weight is 608 g/mol. The molecule has 0 unspecified atom stereocenters. The maximum atomic E-state index is 13.6. The molecule has 0 spiro atoms. The number of benzene rings is 3. The van der Waals surface area contributed by atoms with Gasteiger partial charge >= 0.3 is 0 Å². The van der Waals surface area contributed by atoms with E-state index in [4.69, 9.17) is 16.4 Å². The Kier molecular flexibility index (Phi) is 8.70. The van der Waals surface area contributed by atoms with Crippen molar-refractivity contribution in [3.63, 3.8) is 0 Å². The summed E-state index contributed by atoms with van der Waals surface area (Å²) in [5, 5.41) is 5.97. The van der Waals surface area contributed by atoms with Crippen LogP contribution in [0.1, 0.15) is 10.4 Å². The van der Waals surface area contributed by atoms with Gasteiger partial charge in [0.05, 0.1) is 22.2 Å². The molecule has 3 aromatic rings. The Hall–Kier alpha value is -3.12. The number of hydrogen-bond donors (Lipinski definition) is 2. The number of para-hydroxylation sites is 1. The van der Waals surface area contributed by atoms with Gasteiger partial charge in [0.25, 0.3) is 15.9 Å². The number of nitrogens with zero attached hydrogens (tertiary/aromatic N) is 2. The second-order valence-electron chi connectivity index (χ2n) is 8.07. The average Bonchev–Trinajstić information content (AvgIpc) is 2.92. The molecule has 3 aromatic carbocycles. The van der Waals surface area contributed by atoms with Crippen LogP contribution in [0, 0.1) is 0 Å². The topological polar surface area (TPSA) is 108 Å². The Morgan fingerprint density at radius 2 is 1.70 bits per heavy atom. The van der Waals surface area contributed by atoms with E-state index in [1.54, 1.807) is 53.4 Å². The molecule has 0 saturated carbocycles. The first-order valence-electron chi connectivity index (χ1n) is 11.4. The lowest BCUT2D eigenvalue weighted by Gasteiger charge is -2.27. The fourth-order valence-corrected chi connectivity index (χ4v) is 5.54. The van der Waals surface area contributed by atoms with Gasteiger partial charge in [0.15, 0.2) is 5.75 Å². The van der Waals surface area contributed by atoms with Crippen molar-refractivity contribution >= 4 is 55.1 Å². The molecule has 1 fully saturated rings. The molecule has 9 nitrogen and oxygen atoms in total. The van der Waals surface area contributed by atoms with Gasteiger partial charge in [-0.25, -0.2) is 0 Å². The van der Waals surface area contributed by atoms with Crippen LogP contribution >= 0.6 is 27.5 Å². The largest absolute Gasteiger partial charge is 0.363 e. The number of nitrogens with one attached hydrogen (secondary N) is 2. The van der Waals surface area contributed by atoms with Gasteiger partial charge in [-0.3, -0.25) is 9.59 Å². The minimum Gasteiger partial charge on any atom is -0.363 e. The Morgan fingerprint density at radius 1 is 1.03 bits per heavy atom. The lowest BCUT2D eigenvalue weighted by atomic mass is 10.2. The first kappa shape index (κ1) is 26.9. The van der Waals surface area contributed by atoms with Crippen LogP contribution in [0.15, 0.2) is 82.2 Å². The summed E-state index contributed by atoms with van der Waals surface area (Å²) in [7, 11) is -4.22. The minimum atomic E-state index is -4.22. The molecule has 1 aliphatic heterocycles. The molecular formula is C25H24BrClN4O5S. The van der Waals surface area contributed by atoms with Gasteiger partial charge in [-0.1, -0.05) is 50.2 Å². The summed E-state index contributed by atoms with van der Waals surface area (Å²) >= 11 is 9.58. The van der Waals surface area contributed by atoms with E-state index in [-0.39, 0.29) is 39.4 Å².